The molecule has 2 aromatic rings. The van der Waals surface area contributed by atoms with Gasteiger partial charge < -0.3 is 10.5 Å². The topological polar surface area (TPSA) is 65.2 Å². The second-order valence-electron chi connectivity index (χ2n) is 4.57. The van der Waals surface area contributed by atoms with Gasteiger partial charge in [0.1, 0.15) is 6.04 Å². The summed E-state index contributed by atoms with van der Waals surface area (Å²) in [4.78, 5) is 15.6. The minimum absolute atomic E-state index is 0.0640. The molecule has 0 aliphatic heterocycles. The first-order chi connectivity index (χ1) is 9.85. The summed E-state index contributed by atoms with van der Waals surface area (Å²) in [5.41, 5.74) is 7.00. The van der Waals surface area contributed by atoms with Crippen LogP contribution in [0, 0.1) is 0 Å². The molecule has 1 aromatic carbocycles. The Kier molecular flexibility index (Phi) is 4.42. The number of nitrogens with two attached hydrogens (primary N) is 1. The Hall–Kier alpha value is -2.15. The normalized spacial score (nSPS) is 13.1. The molecule has 1 aromatic heterocycles. The molecule has 0 unspecified atom stereocenters. The third-order valence-corrected chi connectivity index (χ3v) is 2.78. The molecule has 1 heterocycles. The van der Waals surface area contributed by atoms with E-state index in [1.54, 1.807) is 12.3 Å². The van der Waals surface area contributed by atoms with Gasteiger partial charge in [-0.2, -0.15) is 13.2 Å². The highest BCUT2D eigenvalue weighted by atomic mass is 19.4. The Bertz CT molecular complexity index is 643. The summed E-state index contributed by atoms with van der Waals surface area (Å²) >= 11 is 0. The molecule has 112 valence electrons. The Morgan fingerprint density at radius 1 is 1.33 bits per heavy atom. The van der Waals surface area contributed by atoms with E-state index in [2.05, 4.69) is 9.72 Å². The van der Waals surface area contributed by atoms with Gasteiger partial charge in [0.2, 0.25) is 0 Å². The van der Waals surface area contributed by atoms with E-state index in [0.717, 1.165) is 10.9 Å². The van der Waals surface area contributed by atoms with Crippen molar-refractivity contribution in [2.24, 2.45) is 5.73 Å². The number of pyridine rings is 1. The van der Waals surface area contributed by atoms with Crippen molar-refractivity contribution in [1.29, 1.82) is 0 Å². The molecule has 0 fully saturated rings. The van der Waals surface area contributed by atoms with Crippen LogP contribution in [0.15, 0.2) is 36.5 Å². The van der Waals surface area contributed by atoms with Crippen LogP contribution in [0.2, 0.25) is 0 Å². The smallest absolute Gasteiger partial charge is 0.422 e. The van der Waals surface area contributed by atoms with Crippen molar-refractivity contribution < 1.29 is 22.7 Å². The van der Waals surface area contributed by atoms with Crippen LogP contribution in [-0.4, -0.2) is 29.8 Å². The van der Waals surface area contributed by atoms with E-state index >= 15 is 0 Å². The van der Waals surface area contributed by atoms with Crippen molar-refractivity contribution in [3.05, 3.63) is 42.1 Å². The first-order valence-electron chi connectivity index (χ1n) is 6.18. The minimum atomic E-state index is -4.56. The minimum Gasteiger partial charge on any atom is -0.455 e. The predicted molar refractivity (Wildman–Crippen MR) is 70.4 cm³/mol. The maximum absolute atomic E-state index is 12.0. The molecular weight excluding hydrogens is 285 g/mol. The maximum atomic E-state index is 12.0. The van der Waals surface area contributed by atoms with Gasteiger partial charge in [-0.25, -0.2) is 0 Å². The van der Waals surface area contributed by atoms with E-state index in [-0.39, 0.29) is 6.42 Å². The quantitative estimate of drug-likeness (QED) is 0.879. The van der Waals surface area contributed by atoms with Gasteiger partial charge in [-0.3, -0.25) is 9.78 Å². The molecule has 0 aliphatic carbocycles. The van der Waals surface area contributed by atoms with E-state index < -0.39 is 24.8 Å². The van der Waals surface area contributed by atoms with Gasteiger partial charge in [0.15, 0.2) is 6.61 Å². The lowest BCUT2D eigenvalue weighted by Gasteiger charge is -2.13. The number of hydrogen-bond donors (Lipinski definition) is 1. The molecule has 0 aliphatic rings. The fourth-order valence-electron chi connectivity index (χ4n) is 1.83. The summed E-state index contributed by atoms with van der Waals surface area (Å²) in [6.07, 6.45) is -2.95. The number of para-hydroxylation sites is 1. The van der Waals surface area contributed by atoms with Crippen LogP contribution >= 0.6 is 0 Å². The third-order valence-electron chi connectivity index (χ3n) is 2.78. The van der Waals surface area contributed by atoms with Crippen molar-refractivity contribution in [1.82, 2.24) is 4.98 Å². The third kappa shape index (κ3) is 4.42. The van der Waals surface area contributed by atoms with Gasteiger partial charge in [-0.15, -0.1) is 0 Å². The SMILES string of the molecule is N[C@@H](Cc1cnc2ccccc2c1)C(=O)OCC(F)(F)F. The number of carbonyl (C=O) groups excluding carboxylic acids is 1. The number of benzene rings is 1. The zero-order valence-electron chi connectivity index (χ0n) is 10.9. The van der Waals surface area contributed by atoms with E-state index in [1.807, 2.05) is 24.3 Å². The number of aromatic nitrogens is 1. The molecule has 0 spiro atoms. The number of esters is 1. The second kappa shape index (κ2) is 6.09. The number of nitrogens with zero attached hydrogens (tertiary/aromatic N) is 1. The highest BCUT2D eigenvalue weighted by Crippen LogP contribution is 2.16. The van der Waals surface area contributed by atoms with Gasteiger partial charge in [0.05, 0.1) is 5.52 Å². The highest BCUT2D eigenvalue weighted by molar-refractivity contribution is 5.79. The van der Waals surface area contributed by atoms with Gasteiger partial charge in [0.25, 0.3) is 0 Å². The molecule has 21 heavy (non-hydrogen) atoms. The molecule has 2 rings (SSSR count). The van der Waals surface area contributed by atoms with E-state index in [9.17, 15) is 18.0 Å². The molecule has 0 saturated heterocycles. The molecule has 1 atom stereocenters. The number of fused-ring (bicyclic) bond motifs is 1. The lowest BCUT2D eigenvalue weighted by atomic mass is 10.1. The Morgan fingerprint density at radius 2 is 2.05 bits per heavy atom. The van der Waals surface area contributed by atoms with Gasteiger partial charge in [0, 0.05) is 11.6 Å². The largest absolute Gasteiger partial charge is 0.455 e. The summed E-state index contributed by atoms with van der Waals surface area (Å²) in [5, 5.41) is 0.867. The van der Waals surface area contributed by atoms with Gasteiger partial charge in [-0.1, -0.05) is 18.2 Å². The fraction of sp³-hybridized carbons (Fsp3) is 0.286. The van der Waals surface area contributed by atoms with Crippen LogP contribution in [-0.2, 0) is 16.0 Å². The van der Waals surface area contributed by atoms with Crippen molar-refractivity contribution in [3.8, 4) is 0 Å². The Labute approximate surface area is 118 Å². The van der Waals surface area contributed by atoms with Crippen LogP contribution in [0.25, 0.3) is 10.9 Å². The molecule has 4 nitrogen and oxygen atoms in total. The lowest BCUT2D eigenvalue weighted by Crippen LogP contribution is -2.36. The first-order valence-corrected chi connectivity index (χ1v) is 6.18. The van der Waals surface area contributed by atoms with Crippen molar-refractivity contribution >= 4 is 16.9 Å². The maximum Gasteiger partial charge on any atom is 0.422 e. The summed E-state index contributed by atoms with van der Waals surface area (Å²) in [6.45, 7) is -1.63. The van der Waals surface area contributed by atoms with Crippen molar-refractivity contribution in [2.45, 2.75) is 18.6 Å². The summed E-state index contributed by atoms with van der Waals surface area (Å²) in [6, 6.07) is 7.99. The Balaban J connectivity index is 2.00. The summed E-state index contributed by atoms with van der Waals surface area (Å²) < 4.78 is 40.0. The highest BCUT2D eigenvalue weighted by Gasteiger charge is 2.30. The van der Waals surface area contributed by atoms with Crippen LogP contribution in [0.5, 0.6) is 0 Å². The fourth-order valence-corrected chi connectivity index (χ4v) is 1.83. The van der Waals surface area contributed by atoms with Crippen LogP contribution in [0.1, 0.15) is 5.56 Å². The standard InChI is InChI=1S/C14H13F3N2O2/c15-14(16,17)8-21-13(20)11(18)6-9-5-10-3-1-2-4-12(10)19-7-9/h1-5,7,11H,6,8,18H2/t11-/m0/s1. The molecule has 2 N–H and O–H groups in total. The number of ether oxygens (including phenoxy) is 1. The average Bonchev–Trinajstić information content (AvgIpc) is 2.43. The van der Waals surface area contributed by atoms with E-state index in [0.29, 0.717) is 5.56 Å². The van der Waals surface area contributed by atoms with Crippen LogP contribution in [0.3, 0.4) is 0 Å². The van der Waals surface area contributed by atoms with Gasteiger partial charge >= 0.3 is 12.1 Å². The van der Waals surface area contributed by atoms with E-state index in [4.69, 9.17) is 5.73 Å². The molecule has 0 amide bonds. The number of halogens is 3. The molecule has 0 saturated carbocycles. The molecule has 0 bridgehead atoms. The first kappa shape index (κ1) is 15.2. The van der Waals surface area contributed by atoms with Gasteiger partial charge in [-0.05, 0) is 24.1 Å². The average molecular weight is 298 g/mol. The number of carbonyl (C=O) groups is 1. The van der Waals surface area contributed by atoms with Crippen LogP contribution in [0.4, 0.5) is 13.2 Å². The van der Waals surface area contributed by atoms with Crippen molar-refractivity contribution in [2.75, 3.05) is 6.61 Å². The number of rotatable bonds is 4. The Morgan fingerprint density at radius 3 is 2.76 bits per heavy atom. The molecule has 7 heteroatoms. The summed E-state index contributed by atoms with van der Waals surface area (Å²) in [5.74, 6) is -1.08. The van der Waals surface area contributed by atoms with Crippen LogP contribution < -0.4 is 5.73 Å². The number of alkyl halides is 3. The van der Waals surface area contributed by atoms with E-state index in [1.165, 1.54) is 0 Å². The zero-order chi connectivity index (χ0) is 15.5. The summed E-state index contributed by atoms with van der Waals surface area (Å²) in [7, 11) is 0. The zero-order valence-corrected chi connectivity index (χ0v) is 10.9. The monoisotopic (exact) mass is 298 g/mol. The molecular formula is C14H13F3N2O2. The molecule has 0 radical (unpaired) electrons. The predicted octanol–water partition coefficient (Wildman–Crippen LogP) is 2.21. The number of hydrogen-bond acceptors (Lipinski definition) is 4. The van der Waals surface area contributed by atoms with Crippen molar-refractivity contribution in [3.63, 3.8) is 0 Å². The lowest BCUT2D eigenvalue weighted by molar-refractivity contribution is -0.187. The second-order valence-corrected chi connectivity index (χ2v) is 4.57.